The number of halogens is 2. The molecule has 2 rings (SSSR count). The Morgan fingerprint density at radius 3 is 2.85 bits per heavy atom. The van der Waals surface area contributed by atoms with Crippen LogP contribution in [-0.4, -0.2) is 17.6 Å². The van der Waals surface area contributed by atoms with Crippen molar-refractivity contribution in [1.82, 2.24) is 5.32 Å². The van der Waals surface area contributed by atoms with E-state index in [2.05, 4.69) is 5.32 Å². The topological polar surface area (TPSA) is 49.3 Å². The maximum Gasteiger partial charge on any atom is 0.306 e. The predicted molar refractivity (Wildman–Crippen MR) is 81.3 cm³/mol. The summed E-state index contributed by atoms with van der Waals surface area (Å²) in [5, 5.41) is 13.8. The van der Waals surface area contributed by atoms with Crippen molar-refractivity contribution < 1.29 is 9.90 Å². The second-order valence-corrected chi connectivity index (χ2v) is 6.28. The van der Waals surface area contributed by atoms with Gasteiger partial charge in [-0.25, -0.2) is 0 Å². The highest BCUT2D eigenvalue weighted by molar-refractivity contribution is 6.35. The molecule has 0 amide bonds. The van der Waals surface area contributed by atoms with Gasteiger partial charge >= 0.3 is 5.97 Å². The molecule has 3 nitrogen and oxygen atoms in total. The summed E-state index contributed by atoms with van der Waals surface area (Å²) >= 11 is 12.1. The minimum atomic E-state index is -0.675. The van der Waals surface area contributed by atoms with Crippen LogP contribution in [0.2, 0.25) is 10.0 Å². The van der Waals surface area contributed by atoms with Crippen molar-refractivity contribution in [3.8, 4) is 0 Å². The van der Waals surface area contributed by atoms with E-state index in [1.165, 1.54) is 0 Å². The molecule has 1 aromatic carbocycles. The fraction of sp³-hybridized carbons (Fsp3) is 0.533. The third kappa shape index (κ3) is 3.66. The lowest BCUT2D eigenvalue weighted by molar-refractivity contribution is -0.142. The predicted octanol–water partition coefficient (Wildman–Crippen LogP) is 4.14. The van der Waals surface area contributed by atoms with Gasteiger partial charge in [-0.05, 0) is 49.9 Å². The first-order valence-electron chi connectivity index (χ1n) is 6.90. The van der Waals surface area contributed by atoms with Crippen LogP contribution in [0.15, 0.2) is 18.2 Å². The molecule has 0 aliphatic heterocycles. The maximum absolute atomic E-state index is 11.2. The van der Waals surface area contributed by atoms with E-state index < -0.39 is 5.97 Å². The van der Waals surface area contributed by atoms with Gasteiger partial charge in [-0.2, -0.15) is 0 Å². The molecule has 1 fully saturated rings. The molecule has 1 aromatic rings. The minimum absolute atomic E-state index is 0.0785. The zero-order chi connectivity index (χ0) is 14.7. The second kappa shape index (κ2) is 6.79. The number of hydrogen-bond acceptors (Lipinski definition) is 2. The lowest BCUT2D eigenvalue weighted by Gasteiger charge is -2.21. The number of nitrogens with one attached hydrogen (secondary N) is 1. The van der Waals surface area contributed by atoms with Crippen molar-refractivity contribution in [2.24, 2.45) is 11.8 Å². The maximum atomic E-state index is 11.2. The Labute approximate surface area is 129 Å². The lowest BCUT2D eigenvalue weighted by Crippen LogP contribution is -2.30. The van der Waals surface area contributed by atoms with Gasteiger partial charge in [-0.15, -0.1) is 0 Å². The van der Waals surface area contributed by atoms with Crippen LogP contribution >= 0.6 is 23.2 Å². The Morgan fingerprint density at radius 1 is 1.45 bits per heavy atom. The molecule has 0 saturated heterocycles. The van der Waals surface area contributed by atoms with Gasteiger partial charge in [0.2, 0.25) is 0 Å². The van der Waals surface area contributed by atoms with Gasteiger partial charge in [0.1, 0.15) is 0 Å². The standard InChI is InChI=1S/C15H19Cl2NO2/c1-9(12-6-5-11(16)7-14(12)17)18-8-10-3-2-4-13(10)15(19)20/h5-7,9-10,13,18H,2-4,8H2,1H3,(H,19,20). The van der Waals surface area contributed by atoms with E-state index in [1.54, 1.807) is 6.07 Å². The van der Waals surface area contributed by atoms with E-state index in [0.29, 0.717) is 16.6 Å². The van der Waals surface area contributed by atoms with E-state index in [-0.39, 0.29) is 17.9 Å². The van der Waals surface area contributed by atoms with Gasteiger partial charge in [-0.3, -0.25) is 4.79 Å². The molecule has 3 atom stereocenters. The molecule has 0 bridgehead atoms. The Hall–Kier alpha value is -0.770. The molecule has 1 saturated carbocycles. The molecule has 110 valence electrons. The third-order valence-electron chi connectivity index (χ3n) is 4.09. The summed E-state index contributed by atoms with van der Waals surface area (Å²) in [6, 6.07) is 5.53. The van der Waals surface area contributed by atoms with Crippen LogP contribution in [0.4, 0.5) is 0 Å². The van der Waals surface area contributed by atoms with Crippen molar-refractivity contribution in [3.63, 3.8) is 0 Å². The molecular weight excluding hydrogens is 297 g/mol. The Balaban J connectivity index is 1.95. The smallest absolute Gasteiger partial charge is 0.306 e. The van der Waals surface area contributed by atoms with Crippen LogP contribution in [0.5, 0.6) is 0 Å². The second-order valence-electron chi connectivity index (χ2n) is 5.43. The normalized spacial score (nSPS) is 23.8. The summed E-state index contributed by atoms with van der Waals surface area (Å²) in [7, 11) is 0. The number of aliphatic carboxylic acids is 1. The number of carboxylic acids is 1. The fourth-order valence-electron chi connectivity index (χ4n) is 2.90. The Morgan fingerprint density at radius 2 is 2.20 bits per heavy atom. The molecule has 0 radical (unpaired) electrons. The molecule has 5 heteroatoms. The van der Waals surface area contributed by atoms with Crippen LogP contribution < -0.4 is 5.32 Å². The summed E-state index contributed by atoms with van der Waals surface area (Å²) in [6.45, 7) is 2.73. The molecule has 1 aliphatic carbocycles. The van der Waals surface area contributed by atoms with Crippen LogP contribution in [0.3, 0.4) is 0 Å². The molecule has 1 aliphatic rings. The molecule has 20 heavy (non-hydrogen) atoms. The van der Waals surface area contributed by atoms with Gasteiger partial charge in [0.15, 0.2) is 0 Å². The van der Waals surface area contributed by atoms with Crippen molar-refractivity contribution in [3.05, 3.63) is 33.8 Å². The highest BCUT2D eigenvalue weighted by Gasteiger charge is 2.32. The number of rotatable bonds is 5. The van der Waals surface area contributed by atoms with Crippen LogP contribution in [0, 0.1) is 11.8 Å². The van der Waals surface area contributed by atoms with E-state index >= 15 is 0 Å². The summed E-state index contributed by atoms with van der Waals surface area (Å²) in [6.07, 6.45) is 2.77. The average molecular weight is 316 g/mol. The highest BCUT2D eigenvalue weighted by atomic mass is 35.5. The number of benzene rings is 1. The van der Waals surface area contributed by atoms with Crippen LogP contribution in [-0.2, 0) is 4.79 Å². The fourth-order valence-corrected chi connectivity index (χ4v) is 3.47. The van der Waals surface area contributed by atoms with Gasteiger partial charge in [-0.1, -0.05) is 35.7 Å². The zero-order valence-electron chi connectivity index (χ0n) is 11.4. The Bertz CT molecular complexity index is 493. The molecule has 0 aromatic heterocycles. The van der Waals surface area contributed by atoms with Crippen LogP contribution in [0.25, 0.3) is 0 Å². The number of carbonyl (C=O) groups is 1. The molecule has 0 spiro atoms. The molecule has 0 heterocycles. The summed E-state index contributed by atoms with van der Waals surface area (Å²) < 4.78 is 0. The van der Waals surface area contributed by atoms with Gasteiger partial charge in [0.05, 0.1) is 5.92 Å². The first kappa shape index (κ1) is 15.6. The monoisotopic (exact) mass is 315 g/mol. The zero-order valence-corrected chi connectivity index (χ0v) is 12.9. The third-order valence-corrected chi connectivity index (χ3v) is 4.65. The van der Waals surface area contributed by atoms with Crippen molar-refractivity contribution in [2.75, 3.05) is 6.54 Å². The highest BCUT2D eigenvalue weighted by Crippen LogP contribution is 2.32. The van der Waals surface area contributed by atoms with E-state index in [9.17, 15) is 9.90 Å². The van der Waals surface area contributed by atoms with Crippen molar-refractivity contribution in [2.45, 2.75) is 32.2 Å². The average Bonchev–Trinajstić information content (AvgIpc) is 2.84. The lowest BCUT2D eigenvalue weighted by atomic mass is 9.95. The molecular formula is C15H19Cl2NO2. The van der Waals surface area contributed by atoms with Gasteiger partial charge in [0, 0.05) is 16.1 Å². The first-order valence-corrected chi connectivity index (χ1v) is 7.65. The van der Waals surface area contributed by atoms with Crippen LogP contribution in [0.1, 0.15) is 37.8 Å². The summed E-state index contributed by atoms with van der Waals surface area (Å²) in [4.78, 5) is 11.2. The quantitative estimate of drug-likeness (QED) is 0.858. The SMILES string of the molecule is CC(NCC1CCCC1C(=O)O)c1ccc(Cl)cc1Cl. The summed E-state index contributed by atoms with van der Waals surface area (Å²) in [5.41, 5.74) is 0.987. The Kier molecular flexibility index (Phi) is 5.30. The molecule has 2 N–H and O–H groups in total. The van der Waals surface area contributed by atoms with E-state index in [0.717, 1.165) is 24.8 Å². The number of carboxylic acid groups (broad SMARTS) is 1. The van der Waals surface area contributed by atoms with E-state index in [1.807, 2.05) is 19.1 Å². The largest absolute Gasteiger partial charge is 0.481 e. The number of hydrogen-bond donors (Lipinski definition) is 2. The van der Waals surface area contributed by atoms with Crippen molar-refractivity contribution >= 4 is 29.2 Å². The minimum Gasteiger partial charge on any atom is -0.481 e. The van der Waals surface area contributed by atoms with Gasteiger partial charge < -0.3 is 10.4 Å². The summed E-state index contributed by atoms with van der Waals surface area (Å²) in [5.74, 6) is -0.678. The van der Waals surface area contributed by atoms with Gasteiger partial charge in [0.25, 0.3) is 0 Å². The first-order chi connectivity index (χ1) is 9.49. The van der Waals surface area contributed by atoms with Crippen molar-refractivity contribution in [1.29, 1.82) is 0 Å². The molecule has 3 unspecified atom stereocenters. The van der Waals surface area contributed by atoms with E-state index in [4.69, 9.17) is 23.2 Å².